The van der Waals surface area contributed by atoms with E-state index in [1.807, 2.05) is 0 Å². The first-order valence-corrected chi connectivity index (χ1v) is 16.1. The molecule has 5 nitrogen and oxygen atoms in total. The van der Waals surface area contributed by atoms with Crippen molar-refractivity contribution in [3.63, 3.8) is 0 Å². The molecule has 0 rings (SSSR count). The molecule has 0 aliphatic heterocycles. The van der Waals surface area contributed by atoms with Gasteiger partial charge < -0.3 is 14.6 Å². The Hall–Kier alpha value is -1.10. The Bertz CT molecular complexity index is 494. The van der Waals surface area contributed by atoms with E-state index in [0.29, 0.717) is 12.8 Å². The third kappa shape index (κ3) is 27.7. The van der Waals surface area contributed by atoms with E-state index in [4.69, 9.17) is 9.47 Å². The number of hydrogen-bond donors (Lipinski definition) is 1. The lowest BCUT2D eigenvalue weighted by Crippen LogP contribution is -2.28. The smallest absolute Gasteiger partial charge is 0.306 e. The monoisotopic (exact) mass is 526 g/mol. The molecular weight excluding hydrogens is 464 g/mol. The Morgan fingerprint density at radius 2 is 0.838 bits per heavy atom. The van der Waals surface area contributed by atoms with Crippen LogP contribution in [0.15, 0.2) is 0 Å². The number of hydrogen-bond acceptors (Lipinski definition) is 5. The second kappa shape index (κ2) is 29.5. The second-order valence-corrected chi connectivity index (χ2v) is 10.9. The molecule has 0 fully saturated rings. The van der Waals surface area contributed by atoms with E-state index in [1.165, 1.54) is 116 Å². The average Bonchev–Trinajstić information content (AvgIpc) is 2.90. The molecule has 1 N–H and O–H groups in total. The maximum absolute atomic E-state index is 12.0. The highest BCUT2D eigenvalue weighted by atomic mass is 16.6. The molecule has 0 aromatic rings. The van der Waals surface area contributed by atoms with Gasteiger partial charge in [-0.05, 0) is 12.8 Å². The lowest BCUT2D eigenvalue weighted by atomic mass is 10.0. The van der Waals surface area contributed by atoms with Crippen LogP contribution in [0.2, 0.25) is 0 Å². The van der Waals surface area contributed by atoms with E-state index in [2.05, 4.69) is 13.8 Å². The van der Waals surface area contributed by atoms with Crippen molar-refractivity contribution in [2.45, 2.75) is 180 Å². The molecule has 0 spiro atoms. The summed E-state index contributed by atoms with van der Waals surface area (Å²) in [6.07, 6.45) is 28.8. The molecule has 0 amide bonds. The molecule has 0 bridgehead atoms. The summed E-state index contributed by atoms with van der Waals surface area (Å²) in [5.74, 6) is -0.589. The van der Waals surface area contributed by atoms with Crippen LogP contribution >= 0.6 is 0 Å². The van der Waals surface area contributed by atoms with E-state index >= 15 is 0 Å². The van der Waals surface area contributed by atoms with Gasteiger partial charge in [0.15, 0.2) is 6.10 Å². The van der Waals surface area contributed by atoms with Gasteiger partial charge >= 0.3 is 11.9 Å². The summed E-state index contributed by atoms with van der Waals surface area (Å²) in [6, 6.07) is 0. The fraction of sp³-hybridized carbons (Fsp3) is 0.938. The number of esters is 2. The van der Waals surface area contributed by atoms with Crippen LogP contribution < -0.4 is 0 Å². The standard InChI is InChI=1S/C32H62O5/c1-3-5-7-9-11-12-13-14-15-16-17-18-19-21-22-24-26-31(34)36-29-30(28-33)37-32(35)27-25-23-20-10-8-6-4-2/h30,33H,3-29H2,1-2H3/t30-/m0/s1. The molecule has 0 unspecified atom stereocenters. The minimum Gasteiger partial charge on any atom is -0.462 e. The average molecular weight is 527 g/mol. The first kappa shape index (κ1) is 35.9. The number of carbonyl (C=O) groups is 2. The van der Waals surface area contributed by atoms with Crippen LogP contribution in [0.3, 0.4) is 0 Å². The molecule has 0 saturated carbocycles. The third-order valence-corrected chi connectivity index (χ3v) is 7.15. The number of ether oxygens (including phenoxy) is 2. The zero-order valence-corrected chi connectivity index (χ0v) is 24.7. The van der Waals surface area contributed by atoms with Gasteiger partial charge in [0.05, 0.1) is 6.61 Å². The number of aliphatic hydroxyl groups is 1. The maximum atomic E-state index is 12.0. The van der Waals surface area contributed by atoms with Gasteiger partial charge in [-0.2, -0.15) is 0 Å². The minimum absolute atomic E-state index is 0.0586. The molecule has 0 aliphatic rings. The Labute approximate surface area is 229 Å². The van der Waals surface area contributed by atoms with E-state index < -0.39 is 6.10 Å². The van der Waals surface area contributed by atoms with Crippen LogP contribution in [0.1, 0.15) is 174 Å². The van der Waals surface area contributed by atoms with Crippen LogP contribution in [-0.4, -0.2) is 36.4 Å². The first-order chi connectivity index (χ1) is 18.1. The van der Waals surface area contributed by atoms with E-state index in [-0.39, 0.29) is 25.2 Å². The van der Waals surface area contributed by atoms with Crippen LogP contribution in [0, 0.1) is 0 Å². The summed E-state index contributed by atoms with van der Waals surface area (Å²) in [5, 5.41) is 9.44. The first-order valence-electron chi connectivity index (χ1n) is 16.1. The Kier molecular flexibility index (Phi) is 28.6. The van der Waals surface area contributed by atoms with E-state index in [0.717, 1.165) is 32.1 Å². The van der Waals surface area contributed by atoms with Crippen molar-refractivity contribution in [2.75, 3.05) is 13.2 Å². The van der Waals surface area contributed by atoms with Crippen LogP contribution in [0.5, 0.6) is 0 Å². The summed E-state index contributed by atoms with van der Waals surface area (Å²) in [4.78, 5) is 23.9. The van der Waals surface area contributed by atoms with Gasteiger partial charge in [0.25, 0.3) is 0 Å². The second-order valence-electron chi connectivity index (χ2n) is 10.9. The summed E-state index contributed by atoms with van der Waals surface area (Å²) < 4.78 is 10.5. The molecule has 5 heteroatoms. The van der Waals surface area contributed by atoms with Crippen LogP contribution in [-0.2, 0) is 19.1 Å². The van der Waals surface area contributed by atoms with Gasteiger partial charge in [0, 0.05) is 12.8 Å². The molecule has 37 heavy (non-hydrogen) atoms. The van der Waals surface area contributed by atoms with Gasteiger partial charge in [-0.25, -0.2) is 0 Å². The molecule has 0 radical (unpaired) electrons. The number of aliphatic hydroxyl groups excluding tert-OH is 1. The predicted octanol–water partition coefficient (Wildman–Crippen LogP) is 9.23. The van der Waals surface area contributed by atoms with Crippen LogP contribution in [0.4, 0.5) is 0 Å². The Morgan fingerprint density at radius 1 is 0.514 bits per heavy atom. The van der Waals surface area contributed by atoms with Crippen molar-refractivity contribution in [3.8, 4) is 0 Å². The fourth-order valence-corrected chi connectivity index (χ4v) is 4.67. The quantitative estimate of drug-likeness (QED) is 0.0776. The van der Waals surface area contributed by atoms with Gasteiger partial charge in [0.2, 0.25) is 0 Å². The summed E-state index contributed by atoms with van der Waals surface area (Å²) in [5.41, 5.74) is 0. The van der Waals surface area contributed by atoms with Crippen molar-refractivity contribution < 1.29 is 24.2 Å². The molecular formula is C32H62O5. The highest BCUT2D eigenvalue weighted by Gasteiger charge is 2.16. The number of carbonyl (C=O) groups excluding carboxylic acids is 2. The van der Waals surface area contributed by atoms with E-state index in [1.54, 1.807) is 0 Å². The predicted molar refractivity (Wildman–Crippen MR) is 155 cm³/mol. The van der Waals surface area contributed by atoms with Crippen molar-refractivity contribution in [2.24, 2.45) is 0 Å². The molecule has 220 valence electrons. The van der Waals surface area contributed by atoms with Crippen molar-refractivity contribution in [1.82, 2.24) is 0 Å². The Balaban J connectivity index is 3.49. The lowest BCUT2D eigenvalue weighted by molar-refractivity contribution is -0.161. The normalized spacial score (nSPS) is 12.0. The molecule has 0 aromatic carbocycles. The zero-order chi connectivity index (χ0) is 27.2. The highest BCUT2D eigenvalue weighted by molar-refractivity contribution is 5.70. The SMILES string of the molecule is CCCCCCCCCCCCCCCCCCC(=O)OC[C@H](CO)OC(=O)CCCCCCCCC. The third-order valence-electron chi connectivity index (χ3n) is 7.15. The molecule has 1 atom stereocenters. The molecule has 0 heterocycles. The van der Waals surface area contributed by atoms with E-state index in [9.17, 15) is 14.7 Å². The van der Waals surface area contributed by atoms with Gasteiger partial charge in [0.1, 0.15) is 6.61 Å². The lowest BCUT2D eigenvalue weighted by Gasteiger charge is -2.15. The van der Waals surface area contributed by atoms with Crippen molar-refractivity contribution in [3.05, 3.63) is 0 Å². The highest BCUT2D eigenvalue weighted by Crippen LogP contribution is 2.14. The minimum atomic E-state index is -0.758. The zero-order valence-electron chi connectivity index (χ0n) is 24.7. The van der Waals surface area contributed by atoms with Crippen LogP contribution in [0.25, 0.3) is 0 Å². The Morgan fingerprint density at radius 3 is 1.19 bits per heavy atom. The van der Waals surface area contributed by atoms with Gasteiger partial charge in [-0.3, -0.25) is 9.59 Å². The summed E-state index contributed by atoms with van der Waals surface area (Å²) >= 11 is 0. The molecule has 0 aliphatic carbocycles. The van der Waals surface area contributed by atoms with Gasteiger partial charge in [-0.1, -0.05) is 149 Å². The molecule has 0 aromatic heterocycles. The van der Waals surface area contributed by atoms with Crippen molar-refractivity contribution >= 4 is 11.9 Å². The number of rotatable bonds is 29. The summed E-state index contributed by atoms with van der Waals surface area (Å²) in [6.45, 7) is 4.09. The molecule has 0 saturated heterocycles. The topological polar surface area (TPSA) is 72.8 Å². The fourth-order valence-electron chi connectivity index (χ4n) is 4.67. The maximum Gasteiger partial charge on any atom is 0.306 e. The number of unbranched alkanes of at least 4 members (excludes halogenated alkanes) is 21. The summed E-state index contributed by atoms with van der Waals surface area (Å²) in [7, 11) is 0. The largest absolute Gasteiger partial charge is 0.462 e. The van der Waals surface area contributed by atoms with Crippen molar-refractivity contribution in [1.29, 1.82) is 0 Å². The van der Waals surface area contributed by atoms with Gasteiger partial charge in [-0.15, -0.1) is 0 Å².